The lowest BCUT2D eigenvalue weighted by molar-refractivity contribution is 0.921. The Hall–Kier alpha value is -1.59. The van der Waals surface area contributed by atoms with E-state index >= 15 is 0 Å². The first-order valence-corrected chi connectivity index (χ1v) is 4.56. The van der Waals surface area contributed by atoms with Gasteiger partial charge in [-0.1, -0.05) is 20.7 Å². The van der Waals surface area contributed by atoms with Crippen LogP contribution in [0.5, 0.6) is 0 Å². The van der Waals surface area contributed by atoms with E-state index in [0.29, 0.717) is 5.82 Å². The van der Waals surface area contributed by atoms with Crippen LogP contribution in [0.25, 0.3) is 5.52 Å². The Morgan fingerprint density at radius 2 is 2.07 bits per heavy atom. The standard InChI is InChI=1S/C6H7BN5.C2H6/c1-7-6-9-2-4-5(8)10-3-11-12(4)6;1-2/h2-3H,1H3,(H2,8,10,11);1-2H3. The van der Waals surface area contributed by atoms with Crippen LogP contribution in [0.2, 0.25) is 6.82 Å². The molecule has 0 aliphatic rings. The number of nitrogens with two attached hydrogens (primary N) is 1. The SMILES string of the molecule is CC.C[B]c1ncc2c(N)ncnn12. The molecule has 2 N–H and O–H groups in total. The van der Waals surface area contributed by atoms with Crippen molar-refractivity contribution in [2.75, 3.05) is 5.73 Å². The van der Waals surface area contributed by atoms with Gasteiger partial charge in [0.15, 0.2) is 5.82 Å². The van der Waals surface area contributed by atoms with Gasteiger partial charge in [-0.15, -0.1) is 0 Å². The number of imidazole rings is 1. The second-order valence-electron chi connectivity index (χ2n) is 2.35. The molecular formula is C8H13BN5. The molecule has 2 rings (SSSR count). The molecule has 0 aliphatic carbocycles. The van der Waals surface area contributed by atoms with Gasteiger partial charge >= 0.3 is 0 Å². The molecule has 0 amide bonds. The van der Waals surface area contributed by atoms with Gasteiger partial charge in [0.25, 0.3) is 0 Å². The Bertz CT molecular complexity index is 411. The van der Waals surface area contributed by atoms with Crippen molar-refractivity contribution in [1.82, 2.24) is 19.6 Å². The molecule has 14 heavy (non-hydrogen) atoms. The lowest BCUT2D eigenvalue weighted by atomic mass is 9.82. The van der Waals surface area contributed by atoms with Gasteiger partial charge in [-0.05, 0) is 0 Å². The first kappa shape index (κ1) is 10.5. The molecule has 6 heteroatoms. The molecule has 0 saturated heterocycles. The molecule has 0 saturated carbocycles. The number of rotatable bonds is 1. The summed E-state index contributed by atoms with van der Waals surface area (Å²) in [6, 6.07) is 0. The molecule has 0 atom stereocenters. The van der Waals surface area contributed by atoms with Gasteiger partial charge in [0, 0.05) is 0 Å². The molecule has 73 valence electrons. The molecule has 2 aromatic heterocycles. The maximum Gasteiger partial charge on any atom is 0.201 e. The molecule has 0 fully saturated rings. The Morgan fingerprint density at radius 3 is 2.71 bits per heavy atom. The molecule has 0 bridgehead atoms. The maximum atomic E-state index is 5.60. The van der Waals surface area contributed by atoms with E-state index in [2.05, 4.69) is 15.1 Å². The third kappa shape index (κ3) is 1.68. The summed E-state index contributed by atoms with van der Waals surface area (Å²) in [6.45, 7) is 5.90. The fraction of sp³-hybridized carbons (Fsp3) is 0.375. The molecule has 0 aromatic carbocycles. The van der Waals surface area contributed by atoms with Crippen molar-refractivity contribution in [1.29, 1.82) is 0 Å². The Balaban J connectivity index is 0.000000461. The minimum atomic E-state index is 0.450. The molecule has 1 radical (unpaired) electrons. The summed E-state index contributed by atoms with van der Waals surface area (Å²) in [5, 5.41) is 4.00. The van der Waals surface area contributed by atoms with E-state index in [1.165, 1.54) is 6.33 Å². The fourth-order valence-electron chi connectivity index (χ4n) is 1.06. The van der Waals surface area contributed by atoms with Crippen molar-refractivity contribution >= 4 is 24.3 Å². The van der Waals surface area contributed by atoms with E-state index < -0.39 is 0 Å². The van der Waals surface area contributed by atoms with Gasteiger partial charge < -0.3 is 5.73 Å². The first-order valence-electron chi connectivity index (χ1n) is 4.56. The average Bonchev–Trinajstić information content (AvgIpc) is 2.65. The summed E-state index contributed by atoms with van der Waals surface area (Å²) in [5.41, 5.74) is 7.12. The number of fused-ring (bicyclic) bond motifs is 1. The average molecular weight is 190 g/mol. The van der Waals surface area contributed by atoms with Crippen LogP contribution in [0, 0.1) is 0 Å². The predicted molar refractivity (Wildman–Crippen MR) is 57.8 cm³/mol. The minimum Gasteiger partial charge on any atom is -0.382 e. The highest BCUT2D eigenvalue weighted by Crippen LogP contribution is 2.03. The minimum absolute atomic E-state index is 0.450. The second kappa shape index (κ2) is 4.60. The van der Waals surface area contributed by atoms with E-state index in [9.17, 15) is 0 Å². The zero-order chi connectivity index (χ0) is 10.6. The number of nitrogen functional groups attached to an aromatic ring is 1. The van der Waals surface area contributed by atoms with Gasteiger partial charge in [0.1, 0.15) is 11.8 Å². The smallest absolute Gasteiger partial charge is 0.201 e. The maximum absolute atomic E-state index is 5.60. The van der Waals surface area contributed by atoms with Crippen LogP contribution in [0.3, 0.4) is 0 Å². The van der Waals surface area contributed by atoms with Crippen molar-refractivity contribution < 1.29 is 0 Å². The topological polar surface area (TPSA) is 69.1 Å². The van der Waals surface area contributed by atoms with Crippen LogP contribution in [-0.2, 0) is 0 Å². The van der Waals surface area contributed by atoms with Gasteiger partial charge in [-0.25, -0.2) is 9.50 Å². The molecule has 5 nitrogen and oxygen atoms in total. The van der Waals surface area contributed by atoms with Crippen LogP contribution in [-0.4, -0.2) is 26.9 Å². The summed E-state index contributed by atoms with van der Waals surface area (Å²) in [6.07, 6.45) is 3.07. The van der Waals surface area contributed by atoms with E-state index in [1.54, 1.807) is 10.7 Å². The van der Waals surface area contributed by atoms with Crippen LogP contribution in [0.15, 0.2) is 12.5 Å². The number of hydrogen-bond donors (Lipinski definition) is 1. The monoisotopic (exact) mass is 190 g/mol. The lowest BCUT2D eigenvalue weighted by Gasteiger charge is -1.96. The molecule has 0 aliphatic heterocycles. The van der Waals surface area contributed by atoms with Gasteiger partial charge in [-0.3, -0.25) is 4.98 Å². The quantitative estimate of drug-likeness (QED) is 0.648. The fourth-order valence-corrected chi connectivity index (χ4v) is 1.06. The van der Waals surface area contributed by atoms with Crippen molar-refractivity contribution in [3.8, 4) is 0 Å². The third-order valence-electron chi connectivity index (χ3n) is 1.65. The predicted octanol–water partition coefficient (Wildman–Crippen LogP) is 0.110. The van der Waals surface area contributed by atoms with E-state index in [0.717, 1.165) is 11.2 Å². The van der Waals surface area contributed by atoms with Crippen LogP contribution >= 0.6 is 0 Å². The second-order valence-corrected chi connectivity index (χ2v) is 2.35. The molecule has 2 heterocycles. The largest absolute Gasteiger partial charge is 0.382 e. The highest BCUT2D eigenvalue weighted by atomic mass is 15.3. The summed E-state index contributed by atoms with van der Waals surface area (Å²) < 4.78 is 1.66. The number of anilines is 1. The van der Waals surface area contributed by atoms with Crippen LogP contribution in [0.1, 0.15) is 13.8 Å². The summed E-state index contributed by atoms with van der Waals surface area (Å²) in [7, 11) is 1.86. The van der Waals surface area contributed by atoms with Gasteiger partial charge in [0.05, 0.1) is 11.9 Å². The Labute approximate surface area is 83.6 Å². The number of nitrogens with zero attached hydrogens (tertiary/aromatic N) is 4. The zero-order valence-corrected chi connectivity index (χ0v) is 8.60. The Morgan fingerprint density at radius 1 is 1.36 bits per heavy atom. The summed E-state index contributed by atoms with van der Waals surface area (Å²) >= 11 is 0. The van der Waals surface area contributed by atoms with E-state index in [1.807, 2.05) is 28.0 Å². The van der Waals surface area contributed by atoms with Gasteiger partial charge in [-0.2, -0.15) is 5.10 Å². The first-order chi connectivity index (χ1) is 6.83. The molecule has 2 aromatic rings. The highest BCUT2D eigenvalue weighted by molar-refractivity contribution is 6.49. The van der Waals surface area contributed by atoms with E-state index in [4.69, 9.17) is 5.73 Å². The van der Waals surface area contributed by atoms with Crippen LogP contribution in [0.4, 0.5) is 5.82 Å². The van der Waals surface area contributed by atoms with Crippen molar-refractivity contribution in [2.24, 2.45) is 0 Å². The molecular weight excluding hydrogens is 177 g/mol. The van der Waals surface area contributed by atoms with Crippen molar-refractivity contribution in [3.05, 3.63) is 12.5 Å². The highest BCUT2D eigenvalue weighted by Gasteiger charge is 2.04. The Kier molecular flexibility index (Phi) is 3.44. The van der Waals surface area contributed by atoms with E-state index in [-0.39, 0.29) is 0 Å². The molecule has 0 spiro atoms. The van der Waals surface area contributed by atoms with Crippen LogP contribution < -0.4 is 11.5 Å². The zero-order valence-electron chi connectivity index (χ0n) is 8.60. The van der Waals surface area contributed by atoms with Gasteiger partial charge in [0.2, 0.25) is 7.28 Å². The molecule has 0 unspecified atom stereocenters. The summed E-state index contributed by atoms with van der Waals surface area (Å²) in [5.74, 6) is 0.450. The van der Waals surface area contributed by atoms with Crippen molar-refractivity contribution in [2.45, 2.75) is 20.7 Å². The number of hydrogen-bond acceptors (Lipinski definition) is 4. The van der Waals surface area contributed by atoms with Crippen molar-refractivity contribution in [3.63, 3.8) is 0 Å². The summed E-state index contributed by atoms with van der Waals surface area (Å²) in [4.78, 5) is 7.95. The third-order valence-corrected chi connectivity index (χ3v) is 1.65. The number of aromatic nitrogens is 4. The lowest BCUT2D eigenvalue weighted by Crippen LogP contribution is -2.21. The normalized spacial score (nSPS) is 9.36.